The molecule has 3 nitrogen and oxygen atoms in total. The standard InChI is InChI=1S/C13H24N2O/c1-10-9-14-7-6-12(10)15-13(16)8-11-4-2-3-5-11/h10-12,14H,2-9H2,1H3,(H,15,16). The van der Waals surface area contributed by atoms with Gasteiger partial charge in [-0.3, -0.25) is 4.79 Å². The molecule has 2 N–H and O–H groups in total. The van der Waals surface area contributed by atoms with E-state index in [0.29, 0.717) is 17.9 Å². The molecule has 0 aromatic rings. The predicted octanol–water partition coefficient (Wildman–Crippen LogP) is 1.68. The van der Waals surface area contributed by atoms with E-state index in [9.17, 15) is 4.79 Å². The molecule has 0 spiro atoms. The van der Waals surface area contributed by atoms with E-state index in [0.717, 1.165) is 25.9 Å². The van der Waals surface area contributed by atoms with Gasteiger partial charge < -0.3 is 10.6 Å². The minimum atomic E-state index is 0.283. The van der Waals surface area contributed by atoms with Crippen molar-refractivity contribution in [2.45, 2.75) is 51.5 Å². The molecule has 1 aliphatic carbocycles. The molecular formula is C13H24N2O. The summed E-state index contributed by atoms with van der Waals surface area (Å²) in [6.45, 7) is 4.29. The van der Waals surface area contributed by atoms with Gasteiger partial charge in [0.15, 0.2) is 0 Å². The number of piperidine rings is 1. The van der Waals surface area contributed by atoms with Crippen LogP contribution in [0.1, 0.15) is 45.4 Å². The summed E-state index contributed by atoms with van der Waals surface area (Å²) < 4.78 is 0. The van der Waals surface area contributed by atoms with Crippen molar-refractivity contribution in [3.63, 3.8) is 0 Å². The van der Waals surface area contributed by atoms with Gasteiger partial charge in [-0.05, 0) is 44.2 Å². The Kier molecular flexibility index (Phi) is 4.22. The maximum Gasteiger partial charge on any atom is 0.220 e. The molecule has 0 bridgehead atoms. The third kappa shape index (κ3) is 3.21. The van der Waals surface area contributed by atoms with Crippen molar-refractivity contribution in [3.05, 3.63) is 0 Å². The molecule has 2 unspecified atom stereocenters. The molecule has 1 heterocycles. The van der Waals surface area contributed by atoms with E-state index in [1.807, 2.05) is 0 Å². The first-order valence-corrected chi connectivity index (χ1v) is 6.76. The minimum absolute atomic E-state index is 0.283. The second-order valence-electron chi connectivity index (χ2n) is 5.50. The van der Waals surface area contributed by atoms with Crippen molar-refractivity contribution in [1.29, 1.82) is 0 Å². The van der Waals surface area contributed by atoms with Crippen molar-refractivity contribution in [2.75, 3.05) is 13.1 Å². The molecule has 0 radical (unpaired) electrons. The zero-order valence-electron chi connectivity index (χ0n) is 10.3. The van der Waals surface area contributed by atoms with Crippen LogP contribution in [0.2, 0.25) is 0 Å². The van der Waals surface area contributed by atoms with Crippen LogP contribution in [0.3, 0.4) is 0 Å². The molecule has 1 saturated carbocycles. The van der Waals surface area contributed by atoms with E-state index in [2.05, 4.69) is 17.6 Å². The number of carbonyl (C=O) groups excluding carboxylic acids is 1. The van der Waals surface area contributed by atoms with Gasteiger partial charge in [-0.1, -0.05) is 19.8 Å². The Balaban J connectivity index is 1.72. The average Bonchev–Trinajstić information content (AvgIpc) is 2.74. The predicted molar refractivity (Wildman–Crippen MR) is 65.2 cm³/mol. The number of hydrogen-bond acceptors (Lipinski definition) is 2. The Morgan fingerprint density at radius 3 is 2.75 bits per heavy atom. The molecule has 16 heavy (non-hydrogen) atoms. The van der Waals surface area contributed by atoms with Crippen LogP contribution < -0.4 is 10.6 Å². The van der Waals surface area contributed by atoms with E-state index >= 15 is 0 Å². The molecule has 2 atom stereocenters. The molecule has 1 aliphatic heterocycles. The quantitative estimate of drug-likeness (QED) is 0.766. The zero-order valence-corrected chi connectivity index (χ0v) is 10.3. The Labute approximate surface area is 98.4 Å². The van der Waals surface area contributed by atoms with Crippen LogP contribution in [0, 0.1) is 11.8 Å². The monoisotopic (exact) mass is 224 g/mol. The van der Waals surface area contributed by atoms with Crippen molar-refractivity contribution >= 4 is 5.91 Å². The molecule has 2 rings (SSSR count). The van der Waals surface area contributed by atoms with Crippen LogP contribution in [-0.2, 0) is 4.79 Å². The lowest BCUT2D eigenvalue weighted by Gasteiger charge is -2.30. The van der Waals surface area contributed by atoms with Crippen LogP contribution in [0.4, 0.5) is 0 Å². The molecule has 1 saturated heterocycles. The molecule has 3 heteroatoms. The topological polar surface area (TPSA) is 41.1 Å². The lowest BCUT2D eigenvalue weighted by atomic mass is 9.94. The summed E-state index contributed by atoms with van der Waals surface area (Å²) in [7, 11) is 0. The number of hydrogen-bond donors (Lipinski definition) is 2. The van der Waals surface area contributed by atoms with E-state index in [1.165, 1.54) is 25.7 Å². The third-order valence-corrected chi connectivity index (χ3v) is 4.08. The lowest BCUT2D eigenvalue weighted by Crippen LogP contribution is -2.48. The summed E-state index contributed by atoms with van der Waals surface area (Å²) in [6, 6.07) is 0.398. The Morgan fingerprint density at radius 2 is 2.06 bits per heavy atom. The average molecular weight is 224 g/mol. The fourth-order valence-corrected chi connectivity index (χ4v) is 2.97. The van der Waals surface area contributed by atoms with Gasteiger partial charge >= 0.3 is 0 Å². The van der Waals surface area contributed by atoms with Crippen molar-refractivity contribution in [1.82, 2.24) is 10.6 Å². The highest BCUT2D eigenvalue weighted by molar-refractivity contribution is 5.76. The molecule has 2 fully saturated rings. The largest absolute Gasteiger partial charge is 0.353 e. The van der Waals surface area contributed by atoms with Crippen LogP contribution in [0.5, 0.6) is 0 Å². The smallest absolute Gasteiger partial charge is 0.220 e. The van der Waals surface area contributed by atoms with Crippen molar-refractivity contribution in [3.8, 4) is 0 Å². The first kappa shape index (κ1) is 11.9. The van der Waals surface area contributed by atoms with Gasteiger partial charge in [0, 0.05) is 12.5 Å². The van der Waals surface area contributed by atoms with Crippen molar-refractivity contribution < 1.29 is 4.79 Å². The van der Waals surface area contributed by atoms with Gasteiger partial charge in [-0.2, -0.15) is 0 Å². The Morgan fingerprint density at radius 1 is 1.31 bits per heavy atom. The van der Waals surface area contributed by atoms with Gasteiger partial charge in [0.2, 0.25) is 5.91 Å². The fraction of sp³-hybridized carbons (Fsp3) is 0.923. The van der Waals surface area contributed by atoms with Gasteiger partial charge in [-0.15, -0.1) is 0 Å². The minimum Gasteiger partial charge on any atom is -0.353 e. The van der Waals surface area contributed by atoms with E-state index in [-0.39, 0.29) is 5.91 Å². The number of amides is 1. The molecule has 92 valence electrons. The van der Waals surface area contributed by atoms with E-state index < -0.39 is 0 Å². The second-order valence-corrected chi connectivity index (χ2v) is 5.50. The van der Waals surface area contributed by atoms with Gasteiger partial charge in [0.25, 0.3) is 0 Å². The van der Waals surface area contributed by atoms with Crippen LogP contribution in [0.25, 0.3) is 0 Å². The number of nitrogens with one attached hydrogen (secondary N) is 2. The summed E-state index contributed by atoms with van der Waals surface area (Å²) in [5.41, 5.74) is 0. The summed E-state index contributed by atoms with van der Waals surface area (Å²) in [5.74, 6) is 1.52. The van der Waals surface area contributed by atoms with Crippen LogP contribution in [-0.4, -0.2) is 25.0 Å². The Hall–Kier alpha value is -0.570. The fourth-order valence-electron chi connectivity index (χ4n) is 2.97. The SMILES string of the molecule is CC1CNCCC1NC(=O)CC1CCCC1. The number of rotatable bonds is 3. The second kappa shape index (κ2) is 5.67. The summed E-state index contributed by atoms with van der Waals surface area (Å²) in [4.78, 5) is 11.9. The lowest BCUT2D eigenvalue weighted by molar-refractivity contribution is -0.123. The maximum atomic E-state index is 11.9. The number of carbonyl (C=O) groups is 1. The molecule has 2 aliphatic rings. The summed E-state index contributed by atoms with van der Waals surface area (Å²) in [5, 5.41) is 6.58. The van der Waals surface area contributed by atoms with E-state index in [4.69, 9.17) is 0 Å². The summed E-state index contributed by atoms with van der Waals surface area (Å²) in [6.07, 6.45) is 7.00. The van der Waals surface area contributed by atoms with Crippen molar-refractivity contribution in [2.24, 2.45) is 11.8 Å². The highest BCUT2D eigenvalue weighted by atomic mass is 16.1. The van der Waals surface area contributed by atoms with Crippen LogP contribution >= 0.6 is 0 Å². The van der Waals surface area contributed by atoms with E-state index in [1.54, 1.807) is 0 Å². The third-order valence-electron chi connectivity index (χ3n) is 4.08. The highest BCUT2D eigenvalue weighted by Gasteiger charge is 2.24. The highest BCUT2D eigenvalue weighted by Crippen LogP contribution is 2.27. The van der Waals surface area contributed by atoms with Gasteiger partial charge in [-0.25, -0.2) is 0 Å². The normalized spacial score (nSPS) is 31.6. The summed E-state index contributed by atoms with van der Waals surface area (Å²) >= 11 is 0. The molecular weight excluding hydrogens is 200 g/mol. The van der Waals surface area contributed by atoms with Crippen LogP contribution in [0.15, 0.2) is 0 Å². The van der Waals surface area contributed by atoms with Gasteiger partial charge in [0.1, 0.15) is 0 Å². The Bertz CT molecular complexity index is 236. The molecule has 0 aromatic carbocycles. The molecule has 1 amide bonds. The maximum absolute atomic E-state index is 11.9. The first-order valence-electron chi connectivity index (χ1n) is 6.76. The molecule has 0 aromatic heterocycles. The zero-order chi connectivity index (χ0) is 11.4. The van der Waals surface area contributed by atoms with Gasteiger partial charge in [0.05, 0.1) is 0 Å². The first-order chi connectivity index (χ1) is 7.75.